The Morgan fingerprint density at radius 3 is 2.47 bits per heavy atom. The second kappa shape index (κ2) is 8.54. The molecule has 0 heterocycles. The summed E-state index contributed by atoms with van der Waals surface area (Å²) in [6.45, 7) is 2.54. The monoisotopic (exact) mass is 269 g/mol. The van der Waals surface area contributed by atoms with Gasteiger partial charge in [-0.1, -0.05) is 19.3 Å². The van der Waals surface area contributed by atoms with E-state index in [0.717, 1.165) is 38.8 Å². The van der Waals surface area contributed by atoms with Crippen LogP contribution in [0, 0.1) is 5.41 Å². The largest absolute Gasteiger partial charge is 0.356 e. The SMILES string of the molecule is CN(C)CCCCNC(=O)CC1(CN)CCCCC1. The predicted molar refractivity (Wildman–Crippen MR) is 80.0 cm³/mol. The number of hydrogen-bond donors (Lipinski definition) is 2. The molecule has 1 fully saturated rings. The maximum Gasteiger partial charge on any atom is 0.220 e. The molecule has 0 unspecified atom stereocenters. The summed E-state index contributed by atoms with van der Waals surface area (Å²) in [6, 6.07) is 0. The molecule has 0 radical (unpaired) electrons. The van der Waals surface area contributed by atoms with Gasteiger partial charge < -0.3 is 16.0 Å². The van der Waals surface area contributed by atoms with Gasteiger partial charge in [-0.3, -0.25) is 4.79 Å². The van der Waals surface area contributed by atoms with E-state index in [9.17, 15) is 4.79 Å². The van der Waals surface area contributed by atoms with Crippen LogP contribution in [0.15, 0.2) is 0 Å². The van der Waals surface area contributed by atoms with Crippen LogP contribution in [0.4, 0.5) is 0 Å². The summed E-state index contributed by atoms with van der Waals surface area (Å²) in [6.07, 6.45) is 8.82. The molecule has 0 aliphatic heterocycles. The van der Waals surface area contributed by atoms with E-state index in [1.54, 1.807) is 0 Å². The van der Waals surface area contributed by atoms with Crippen molar-refractivity contribution in [3.63, 3.8) is 0 Å². The Morgan fingerprint density at radius 2 is 1.89 bits per heavy atom. The first kappa shape index (κ1) is 16.4. The van der Waals surface area contributed by atoms with Gasteiger partial charge >= 0.3 is 0 Å². The molecule has 1 aliphatic rings. The van der Waals surface area contributed by atoms with E-state index in [2.05, 4.69) is 24.3 Å². The van der Waals surface area contributed by atoms with Crippen LogP contribution >= 0.6 is 0 Å². The number of nitrogens with zero attached hydrogens (tertiary/aromatic N) is 1. The fourth-order valence-corrected chi connectivity index (χ4v) is 2.94. The fraction of sp³-hybridized carbons (Fsp3) is 0.933. The number of nitrogens with two attached hydrogens (primary N) is 1. The van der Waals surface area contributed by atoms with Gasteiger partial charge in [0.15, 0.2) is 0 Å². The Balaban J connectivity index is 2.18. The zero-order valence-electron chi connectivity index (χ0n) is 12.7. The molecule has 0 saturated heterocycles. The quantitative estimate of drug-likeness (QED) is 0.660. The molecule has 0 spiro atoms. The number of carbonyl (C=O) groups excluding carboxylic acids is 1. The van der Waals surface area contributed by atoms with E-state index in [4.69, 9.17) is 5.73 Å². The van der Waals surface area contributed by atoms with Crippen LogP contribution in [0.2, 0.25) is 0 Å². The Morgan fingerprint density at radius 1 is 1.21 bits per heavy atom. The van der Waals surface area contributed by atoms with Crippen LogP contribution in [-0.4, -0.2) is 44.5 Å². The van der Waals surface area contributed by atoms with E-state index < -0.39 is 0 Å². The van der Waals surface area contributed by atoms with Gasteiger partial charge in [-0.15, -0.1) is 0 Å². The summed E-state index contributed by atoms with van der Waals surface area (Å²) in [5, 5.41) is 3.05. The zero-order valence-corrected chi connectivity index (χ0v) is 12.7. The highest BCUT2D eigenvalue weighted by molar-refractivity contribution is 5.76. The lowest BCUT2D eigenvalue weighted by Crippen LogP contribution is -2.38. The van der Waals surface area contributed by atoms with Crippen LogP contribution in [0.5, 0.6) is 0 Å². The summed E-state index contributed by atoms with van der Waals surface area (Å²) >= 11 is 0. The van der Waals surface area contributed by atoms with Crippen molar-refractivity contribution in [2.24, 2.45) is 11.1 Å². The minimum atomic E-state index is 0.0893. The average Bonchev–Trinajstić information content (AvgIpc) is 2.39. The van der Waals surface area contributed by atoms with Crippen molar-refractivity contribution in [1.82, 2.24) is 10.2 Å². The van der Waals surface area contributed by atoms with Crippen LogP contribution in [0.1, 0.15) is 51.4 Å². The van der Waals surface area contributed by atoms with Crippen molar-refractivity contribution in [2.75, 3.05) is 33.7 Å². The average molecular weight is 269 g/mol. The minimum absolute atomic E-state index is 0.0893. The molecule has 1 amide bonds. The van der Waals surface area contributed by atoms with Gasteiger partial charge in [0, 0.05) is 13.0 Å². The molecule has 1 rings (SSSR count). The highest BCUT2D eigenvalue weighted by atomic mass is 16.1. The number of hydrogen-bond acceptors (Lipinski definition) is 3. The molecule has 112 valence electrons. The van der Waals surface area contributed by atoms with Gasteiger partial charge in [0.25, 0.3) is 0 Å². The predicted octanol–water partition coefficient (Wildman–Crippen LogP) is 1.74. The van der Waals surface area contributed by atoms with Gasteiger partial charge in [0.05, 0.1) is 0 Å². The molecule has 0 atom stereocenters. The molecular formula is C15H31N3O. The Labute approximate surface area is 118 Å². The van der Waals surface area contributed by atoms with E-state index in [1.807, 2.05) is 0 Å². The van der Waals surface area contributed by atoms with Gasteiger partial charge in [-0.25, -0.2) is 0 Å². The third-order valence-electron chi connectivity index (χ3n) is 4.24. The number of amides is 1. The van der Waals surface area contributed by atoms with Crippen LogP contribution in [-0.2, 0) is 4.79 Å². The summed E-state index contributed by atoms with van der Waals surface area (Å²) in [7, 11) is 4.15. The molecule has 0 bridgehead atoms. The zero-order chi connectivity index (χ0) is 14.1. The molecule has 4 heteroatoms. The maximum absolute atomic E-state index is 12.0. The molecule has 0 aromatic carbocycles. The van der Waals surface area contributed by atoms with Crippen molar-refractivity contribution in [1.29, 1.82) is 0 Å². The van der Waals surface area contributed by atoms with Gasteiger partial charge in [0.2, 0.25) is 5.91 Å². The van der Waals surface area contributed by atoms with Crippen molar-refractivity contribution < 1.29 is 4.79 Å². The van der Waals surface area contributed by atoms with Crippen molar-refractivity contribution in [3.05, 3.63) is 0 Å². The molecule has 0 aromatic rings. The Bertz CT molecular complexity index is 260. The van der Waals surface area contributed by atoms with Gasteiger partial charge in [-0.2, -0.15) is 0 Å². The summed E-state index contributed by atoms with van der Waals surface area (Å²) in [5.41, 5.74) is 6.00. The summed E-state index contributed by atoms with van der Waals surface area (Å²) < 4.78 is 0. The molecule has 1 aliphatic carbocycles. The van der Waals surface area contributed by atoms with Crippen LogP contribution < -0.4 is 11.1 Å². The number of rotatable bonds is 8. The first-order chi connectivity index (χ1) is 9.08. The van der Waals surface area contributed by atoms with Gasteiger partial charge in [0.1, 0.15) is 0 Å². The molecule has 3 N–H and O–H groups in total. The Hall–Kier alpha value is -0.610. The summed E-state index contributed by atoms with van der Waals surface area (Å²) in [5.74, 6) is 0.192. The molecule has 1 saturated carbocycles. The van der Waals surface area contributed by atoms with Crippen molar-refractivity contribution in [3.8, 4) is 0 Å². The van der Waals surface area contributed by atoms with E-state index >= 15 is 0 Å². The highest BCUT2D eigenvalue weighted by Gasteiger charge is 2.32. The maximum atomic E-state index is 12.0. The normalized spacial score (nSPS) is 18.5. The van der Waals surface area contributed by atoms with Crippen molar-refractivity contribution in [2.45, 2.75) is 51.4 Å². The van der Waals surface area contributed by atoms with Gasteiger partial charge in [-0.05, 0) is 58.3 Å². The second-order valence-corrected chi connectivity index (χ2v) is 6.30. The summed E-state index contributed by atoms with van der Waals surface area (Å²) in [4.78, 5) is 14.2. The Kier molecular flexibility index (Phi) is 7.39. The lowest BCUT2D eigenvalue weighted by molar-refractivity contribution is -0.123. The molecular weight excluding hydrogens is 238 g/mol. The minimum Gasteiger partial charge on any atom is -0.356 e. The molecule has 4 nitrogen and oxygen atoms in total. The fourth-order valence-electron chi connectivity index (χ4n) is 2.94. The highest BCUT2D eigenvalue weighted by Crippen LogP contribution is 2.38. The van der Waals surface area contributed by atoms with Crippen LogP contribution in [0.25, 0.3) is 0 Å². The molecule has 19 heavy (non-hydrogen) atoms. The standard InChI is InChI=1S/C15H31N3O/c1-18(2)11-7-6-10-17-14(19)12-15(13-16)8-4-3-5-9-15/h3-13,16H2,1-2H3,(H,17,19). The number of carbonyl (C=O) groups is 1. The lowest BCUT2D eigenvalue weighted by Gasteiger charge is -2.35. The van der Waals surface area contributed by atoms with E-state index in [0.29, 0.717) is 13.0 Å². The second-order valence-electron chi connectivity index (χ2n) is 6.30. The third kappa shape index (κ3) is 6.39. The molecule has 0 aromatic heterocycles. The smallest absolute Gasteiger partial charge is 0.220 e. The van der Waals surface area contributed by atoms with E-state index in [-0.39, 0.29) is 11.3 Å². The number of unbranched alkanes of at least 4 members (excludes halogenated alkanes) is 1. The van der Waals surface area contributed by atoms with Crippen molar-refractivity contribution >= 4 is 5.91 Å². The lowest BCUT2D eigenvalue weighted by atomic mass is 9.71. The first-order valence-electron chi connectivity index (χ1n) is 7.69. The van der Waals surface area contributed by atoms with Crippen LogP contribution in [0.3, 0.4) is 0 Å². The third-order valence-corrected chi connectivity index (χ3v) is 4.24. The van der Waals surface area contributed by atoms with E-state index in [1.165, 1.54) is 19.3 Å². The first-order valence-corrected chi connectivity index (χ1v) is 7.69. The number of nitrogens with one attached hydrogen (secondary N) is 1. The topological polar surface area (TPSA) is 58.4 Å².